The lowest BCUT2D eigenvalue weighted by Gasteiger charge is -2.10. The Labute approximate surface area is 132 Å². The van der Waals surface area contributed by atoms with Crippen molar-refractivity contribution in [2.24, 2.45) is 0 Å². The molecule has 1 aromatic carbocycles. The molecular weight excluding hydrogens is 278 g/mol. The molecule has 0 amide bonds. The van der Waals surface area contributed by atoms with E-state index in [1.54, 1.807) is 0 Å². The van der Waals surface area contributed by atoms with Gasteiger partial charge in [-0.3, -0.25) is 0 Å². The topological polar surface area (TPSA) is 21.3 Å². The number of hydrogen-bond donors (Lipinski definition) is 1. The first kappa shape index (κ1) is 16.1. The summed E-state index contributed by atoms with van der Waals surface area (Å²) in [6.07, 6.45) is 1.17. The van der Waals surface area contributed by atoms with Crippen molar-refractivity contribution < 1.29 is 4.74 Å². The van der Waals surface area contributed by atoms with Gasteiger partial charge in [-0.25, -0.2) is 0 Å². The van der Waals surface area contributed by atoms with Gasteiger partial charge in [-0.05, 0) is 48.7 Å². The van der Waals surface area contributed by atoms with Crippen molar-refractivity contribution in [3.8, 4) is 5.75 Å². The number of rotatable bonds is 8. The SMILES string of the molecule is CCNCc1ccc(COc2ccc(C(C)CC)cc2)s1. The Kier molecular flexibility index (Phi) is 6.27. The van der Waals surface area contributed by atoms with Crippen LogP contribution in [0.1, 0.15) is 48.4 Å². The minimum atomic E-state index is 0.616. The Morgan fingerprint density at radius 2 is 1.76 bits per heavy atom. The lowest BCUT2D eigenvalue weighted by molar-refractivity contribution is 0.309. The van der Waals surface area contributed by atoms with Crippen LogP contribution in [0.4, 0.5) is 0 Å². The third-order valence-corrected chi connectivity index (χ3v) is 4.77. The number of nitrogens with one attached hydrogen (secondary N) is 1. The predicted molar refractivity (Wildman–Crippen MR) is 91.2 cm³/mol. The zero-order chi connectivity index (χ0) is 15.1. The van der Waals surface area contributed by atoms with E-state index < -0.39 is 0 Å². The van der Waals surface area contributed by atoms with Crippen LogP contribution in [0.5, 0.6) is 5.75 Å². The van der Waals surface area contributed by atoms with Gasteiger partial charge >= 0.3 is 0 Å². The quantitative estimate of drug-likeness (QED) is 0.745. The molecule has 1 unspecified atom stereocenters. The van der Waals surface area contributed by atoms with Crippen LogP contribution < -0.4 is 10.1 Å². The summed E-state index contributed by atoms with van der Waals surface area (Å²) in [7, 11) is 0. The highest BCUT2D eigenvalue weighted by Crippen LogP contribution is 2.23. The summed E-state index contributed by atoms with van der Waals surface area (Å²) in [6.45, 7) is 9.21. The molecule has 1 N–H and O–H groups in total. The van der Waals surface area contributed by atoms with Crippen LogP contribution in [0.15, 0.2) is 36.4 Å². The molecule has 0 saturated carbocycles. The maximum atomic E-state index is 5.87. The molecule has 0 fully saturated rings. The van der Waals surface area contributed by atoms with E-state index in [2.05, 4.69) is 62.5 Å². The molecule has 0 spiro atoms. The van der Waals surface area contributed by atoms with Gasteiger partial charge < -0.3 is 10.1 Å². The molecular formula is C18H25NOS. The van der Waals surface area contributed by atoms with Crippen molar-refractivity contribution in [2.45, 2.75) is 46.3 Å². The molecule has 114 valence electrons. The van der Waals surface area contributed by atoms with Gasteiger partial charge in [0.05, 0.1) is 0 Å². The van der Waals surface area contributed by atoms with Crippen molar-refractivity contribution in [2.75, 3.05) is 6.54 Å². The van der Waals surface area contributed by atoms with E-state index in [1.807, 2.05) is 11.3 Å². The van der Waals surface area contributed by atoms with Crippen molar-refractivity contribution in [1.29, 1.82) is 0 Å². The zero-order valence-corrected chi connectivity index (χ0v) is 14.0. The highest BCUT2D eigenvalue weighted by Gasteiger charge is 2.04. The van der Waals surface area contributed by atoms with Crippen LogP contribution in [0.2, 0.25) is 0 Å². The second-order valence-electron chi connectivity index (χ2n) is 5.32. The summed E-state index contributed by atoms with van der Waals surface area (Å²) in [5.74, 6) is 1.56. The van der Waals surface area contributed by atoms with Gasteiger partial charge in [0.2, 0.25) is 0 Å². The average molecular weight is 303 g/mol. The van der Waals surface area contributed by atoms with Crippen molar-refractivity contribution in [3.63, 3.8) is 0 Å². The lowest BCUT2D eigenvalue weighted by atomic mass is 9.99. The van der Waals surface area contributed by atoms with E-state index >= 15 is 0 Å². The molecule has 2 aromatic rings. The molecule has 2 nitrogen and oxygen atoms in total. The number of benzene rings is 1. The summed E-state index contributed by atoms with van der Waals surface area (Å²) >= 11 is 1.82. The van der Waals surface area contributed by atoms with E-state index in [0.29, 0.717) is 12.5 Å². The van der Waals surface area contributed by atoms with Crippen molar-refractivity contribution in [1.82, 2.24) is 5.32 Å². The molecule has 21 heavy (non-hydrogen) atoms. The number of thiophene rings is 1. The fourth-order valence-corrected chi connectivity index (χ4v) is 3.03. The van der Waals surface area contributed by atoms with E-state index in [9.17, 15) is 0 Å². The Balaban J connectivity index is 1.86. The fraction of sp³-hybridized carbons (Fsp3) is 0.444. The summed E-state index contributed by atoms with van der Waals surface area (Å²) in [4.78, 5) is 2.64. The predicted octanol–water partition coefficient (Wildman–Crippen LogP) is 4.95. The first-order chi connectivity index (χ1) is 10.2. The van der Waals surface area contributed by atoms with Gasteiger partial charge in [0.25, 0.3) is 0 Å². The lowest BCUT2D eigenvalue weighted by Crippen LogP contribution is -2.10. The second kappa shape index (κ2) is 8.20. The van der Waals surface area contributed by atoms with Gasteiger partial charge in [-0.2, -0.15) is 0 Å². The number of ether oxygens (including phenoxy) is 1. The molecule has 0 radical (unpaired) electrons. The molecule has 1 atom stereocenters. The third kappa shape index (κ3) is 4.87. The van der Waals surface area contributed by atoms with Crippen LogP contribution in [-0.2, 0) is 13.2 Å². The largest absolute Gasteiger partial charge is 0.488 e. The minimum Gasteiger partial charge on any atom is -0.488 e. The molecule has 0 aliphatic rings. The van der Waals surface area contributed by atoms with Gasteiger partial charge in [-0.15, -0.1) is 11.3 Å². The van der Waals surface area contributed by atoms with Crippen LogP contribution in [0.25, 0.3) is 0 Å². The fourth-order valence-electron chi connectivity index (χ4n) is 2.13. The van der Waals surface area contributed by atoms with Crippen LogP contribution in [0, 0.1) is 0 Å². The molecule has 3 heteroatoms. The minimum absolute atomic E-state index is 0.616. The molecule has 0 aliphatic heterocycles. The van der Waals surface area contributed by atoms with E-state index in [0.717, 1.165) is 18.8 Å². The Morgan fingerprint density at radius 3 is 2.43 bits per heavy atom. The average Bonchev–Trinajstić information content (AvgIpc) is 2.98. The Morgan fingerprint density at radius 1 is 1.05 bits per heavy atom. The summed E-state index contributed by atoms with van der Waals surface area (Å²) in [5.41, 5.74) is 1.38. The Bertz CT molecular complexity index is 532. The van der Waals surface area contributed by atoms with Gasteiger partial charge in [-0.1, -0.05) is 32.9 Å². The van der Waals surface area contributed by atoms with Crippen LogP contribution >= 0.6 is 11.3 Å². The van der Waals surface area contributed by atoms with Gasteiger partial charge in [0, 0.05) is 16.3 Å². The van der Waals surface area contributed by atoms with E-state index in [4.69, 9.17) is 4.74 Å². The zero-order valence-electron chi connectivity index (χ0n) is 13.2. The van der Waals surface area contributed by atoms with Gasteiger partial charge in [0.1, 0.15) is 12.4 Å². The van der Waals surface area contributed by atoms with E-state index in [1.165, 1.54) is 21.7 Å². The second-order valence-corrected chi connectivity index (χ2v) is 6.57. The van der Waals surface area contributed by atoms with Crippen molar-refractivity contribution >= 4 is 11.3 Å². The molecule has 1 heterocycles. The molecule has 0 bridgehead atoms. The number of hydrogen-bond acceptors (Lipinski definition) is 3. The maximum absolute atomic E-state index is 5.87. The van der Waals surface area contributed by atoms with Gasteiger partial charge in [0.15, 0.2) is 0 Å². The monoisotopic (exact) mass is 303 g/mol. The molecule has 0 aliphatic carbocycles. The first-order valence-corrected chi connectivity index (χ1v) is 8.55. The maximum Gasteiger partial charge on any atom is 0.122 e. The summed E-state index contributed by atoms with van der Waals surface area (Å²) < 4.78 is 5.87. The molecule has 0 saturated heterocycles. The molecule has 1 aromatic heterocycles. The highest BCUT2D eigenvalue weighted by molar-refractivity contribution is 7.11. The summed E-state index contributed by atoms with van der Waals surface area (Å²) in [5, 5.41) is 3.34. The highest BCUT2D eigenvalue weighted by atomic mass is 32.1. The smallest absolute Gasteiger partial charge is 0.122 e. The van der Waals surface area contributed by atoms with Crippen molar-refractivity contribution in [3.05, 3.63) is 51.7 Å². The van der Waals surface area contributed by atoms with E-state index in [-0.39, 0.29) is 0 Å². The third-order valence-electron chi connectivity index (χ3n) is 3.71. The first-order valence-electron chi connectivity index (χ1n) is 7.74. The standard InChI is InChI=1S/C18H25NOS/c1-4-14(3)15-6-8-16(9-7-15)20-13-18-11-10-17(21-18)12-19-5-2/h6-11,14,19H,4-5,12-13H2,1-3H3. The van der Waals surface area contributed by atoms with Crippen LogP contribution in [0.3, 0.4) is 0 Å². The summed E-state index contributed by atoms with van der Waals surface area (Å²) in [6, 6.07) is 12.8. The van der Waals surface area contributed by atoms with Crippen LogP contribution in [-0.4, -0.2) is 6.54 Å². The Hall–Kier alpha value is -1.32. The normalized spacial score (nSPS) is 12.3. The molecule has 2 rings (SSSR count).